The second-order valence-corrected chi connectivity index (χ2v) is 4.63. The fourth-order valence-electron chi connectivity index (χ4n) is 1.55. The lowest BCUT2D eigenvalue weighted by atomic mass is 10.2. The van der Waals surface area contributed by atoms with Gasteiger partial charge >= 0.3 is 0 Å². The van der Waals surface area contributed by atoms with E-state index in [0.717, 1.165) is 4.47 Å². The molecule has 0 aliphatic carbocycles. The number of rotatable bonds is 2. The molecule has 0 saturated carbocycles. The molecule has 4 nitrogen and oxygen atoms in total. The summed E-state index contributed by atoms with van der Waals surface area (Å²) in [6.07, 6.45) is 0.900. The quantitative estimate of drug-likeness (QED) is 0.909. The van der Waals surface area contributed by atoms with Gasteiger partial charge in [-0.2, -0.15) is 0 Å². The topological polar surface area (TPSA) is 55.1 Å². The molecule has 0 aliphatic heterocycles. The van der Waals surface area contributed by atoms with Gasteiger partial charge in [-0.05, 0) is 25.1 Å². The number of hydrogen-bond donors (Lipinski definition) is 1. The fraction of sp³-hybridized carbons (Fsp3) is 0.273. The van der Waals surface area contributed by atoms with E-state index in [1.54, 1.807) is 25.1 Å². The van der Waals surface area contributed by atoms with Crippen LogP contribution in [0.1, 0.15) is 6.92 Å². The van der Waals surface area contributed by atoms with E-state index >= 15 is 0 Å². The minimum atomic E-state index is -0.563. The van der Waals surface area contributed by atoms with Gasteiger partial charge in [-0.15, -0.1) is 0 Å². The molecule has 16 heavy (non-hydrogen) atoms. The highest BCUT2D eigenvalue weighted by Gasteiger charge is 2.06. The van der Waals surface area contributed by atoms with E-state index in [4.69, 9.17) is 0 Å². The van der Waals surface area contributed by atoms with Crippen molar-refractivity contribution < 1.29 is 5.11 Å². The highest BCUT2D eigenvalue weighted by atomic mass is 79.9. The van der Waals surface area contributed by atoms with Crippen LogP contribution in [0.5, 0.6) is 0 Å². The largest absolute Gasteiger partial charge is 0.392 e. The van der Waals surface area contributed by atoms with E-state index in [1.807, 2.05) is 0 Å². The van der Waals surface area contributed by atoms with E-state index in [0.29, 0.717) is 10.9 Å². The summed E-state index contributed by atoms with van der Waals surface area (Å²) in [7, 11) is 0. The van der Waals surface area contributed by atoms with Gasteiger partial charge in [-0.1, -0.05) is 15.9 Å². The van der Waals surface area contributed by atoms with Crippen LogP contribution >= 0.6 is 15.9 Å². The van der Waals surface area contributed by atoms with Gasteiger partial charge in [0, 0.05) is 4.47 Å². The molecule has 1 aromatic carbocycles. The second-order valence-electron chi connectivity index (χ2n) is 3.71. The Kier molecular flexibility index (Phi) is 3.07. The number of aromatic nitrogens is 2. The standard InChI is InChI=1S/C11H11BrN2O2/c1-7(15)5-14-6-13-10-4-8(12)2-3-9(10)11(14)16/h2-4,6-7,15H,5H2,1H3. The summed E-state index contributed by atoms with van der Waals surface area (Å²) in [5, 5.41) is 9.81. The number of aliphatic hydroxyl groups excluding tert-OH is 1. The van der Waals surface area contributed by atoms with Gasteiger partial charge < -0.3 is 5.11 Å². The van der Waals surface area contributed by atoms with E-state index in [1.165, 1.54) is 10.9 Å². The number of halogens is 1. The molecular formula is C11H11BrN2O2. The summed E-state index contributed by atoms with van der Waals surface area (Å²) < 4.78 is 2.31. The lowest BCUT2D eigenvalue weighted by Crippen LogP contribution is -2.25. The van der Waals surface area contributed by atoms with Crippen LogP contribution < -0.4 is 5.56 Å². The highest BCUT2D eigenvalue weighted by molar-refractivity contribution is 9.10. The van der Waals surface area contributed by atoms with Gasteiger partial charge in [0.1, 0.15) is 0 Å². The van der Waals surface area contributed by atoms with Gasteiger partial charge in [-0.3, -0.25) is 9.36 Å². The Morgan fingerprint density at radius 2 is 2.31 bits per heavy atom. The highest BCUT2D eigenvalue weighted by Crippen LogP contribution is 2.14. The third kappa shape index (κ3) is 2.15. The molecule has 0 spiro atoms. The van der Waals surface area contributed by atoms with Crippen molar-refractivity contribution in [2.24, 2.45) is 0 Å². The van der Waals surface area contributed by atoms with Crippen molar-refractivity contribution >= 4 is 26.8 Å². The molecule has 0 fully saturated rings. The average molecular weight is 283 g/mol. The average Bonchev–Trinajstić information content (AvgIpc) is 2.22. The molecule has 5 heteroatoms. The second kappa shape index (κ2) is 4.35. The smallest absolute Gasteiger partial charge is 0.261 e. The first-order valence-corrected chi connectivity index (χ1v) is 5.70. The summed E-state index contributed by atoms with van der Waals surface area (Å²) in [5.74, 6) is 0. The molecule has 1 N–H and O–H groups in total. The zero-order valence-electron chi connectivity index (χ0n) is 8.72. The van der Waals surface area contributed by atoms with Crippen molar-refractivity contribution in [2.45, 2.75) is 19.6 Å². The van der Waals surface area contributed by atoms with E-state index < -0.39 is 6.10 Å². The summed E-state index contributed by atoms with van der Waals surface area (Å²) in [6.45, 7) is 1.90. The van der Waals surface area contributed by atoms with Crippen LogP contribution in [0.3, 0.4) is 0 Å². The van der Waals surface area contributed by atoms with Crippen LogP contribution in [-0.4, -0.2) is 20.8 Å². The number of benzene rings is 1. The van der Waals surface area contributed by atoms with E-state index in [-0.39, 0.29) is 12.1 Å². The zero-order valence-corrected chi connectivity index (χ0v) is 10.3. The lowest BCUT2D eigenvalue weighted by Gasteiger charge is -2.08. The SMILES string of the molecule is CC(O)Cn1cnc2cc(Br)ccc2c1=O. The van der Waals surface area contributed by atoms with Gasteiger partial charge in [0.15, 0.2) is 0 Å². The Labute approximate surface area is 101 Å². The number of aliphatic hydroxyl groups is 1. The Hall–Kier alpha value is -1.20. The maximum absolute atomic E-state index is 12.0. The fourth-order valence-corrected chi connectivity index (χ4v) is 1.90. The van der Waals surface area contributed by atoms with Crippen molar-refractivity contribution in [3.8, 4) is 0 Å². The van der Waals surface area contributed by atoms with Crippen molar-refractivity contribution in [3.63, 3.8) is 0 Å². The Balaban J connectivity index is 2.61. The Morgan fingerprint density at radius 3 is 3.00 bits per heavy atom. The Bertz CT molecular complexity index is 578. The maximum Gasteiger partial charge on any atom is 0.261 e. The Morgan fingerprint density at radius 1 is 1.56 bits per heavy atom. The third-order valence-electron chi connectivity index (χ3n) is 2.25. The van der Waals surface area contributed by atoms with E-state index in [2.05, 4.69) is 20.9 Å². The molecule has 1 unspecified atom stereocenters. The number of hydrogen-bond acceptors (Lipinski definition) is 3. The van der Waals surface area contributed by atoms with Crippen LogP contribution in [0.15, 0.2) is 33.8 Å². The van der Waals surface area contributed by atoms with Gasteiger partial charge in [0.05, 0.1) is 29.9 Å². The van der Waals surface area contributed by atoms with Crippen molar-refractivity contribution in [2.75, 3.05) is 0 Å². The van der Waals surface area contributed by atoms with E-state index in [9.17, 15) is 9.90 Å². The molecule has 84 valence electrons. The van der Waals surface area contributed by atoms with Crippen LogP contribution in [0, 0.1) is 0 Å². The van der Waals surface area contributed by atoms with Crippen molar-refractivity contribution in [3.05, 3.63) is 39.4 Å². The first-order chi connectivity index (χ1) is 7.58. The molecule has 0 amide bonds. The molecule has 1 aromatic heterocycles. The first-order valence-electron chi connectivity index (χ1n) is 4.90. The summed E-state index contributed by atoms with van der Waals surface area (Å²) >= 11 is 3.33. The zero-order chi connectivity index (χ0) is 11.7. The normalized spacial score (nSPS) is 12.9. The van der Waals surface area contributed by atoms with Crippen LogP contribution in [0.25, 0.3) is 10.9 Å². The number of nitrogens with zero attached hydrogens (tertiary/aromatic N) is 2. The molecular weight excluding hydrogens is 272 g/mol. The van der Waals surface area contributed by atoms with Gasteiger partial charge in [0.2, 0.25) is 0 Å². The molecule has 2 aromatic rings. The molecule has 0 aliphatic rings. The van der Waals surface area contributed by atoms with Crippen molar-refractivity contribution in [1.29, 1.82) is 0 Å². The number of fused-ring (bicyclic) bond motifs is 1. The summed E-state index contributed by atoms with van der Waals surface area (Å²) in [4.78, 5) is 16.1. The third-order valence-corrected chi connectivity index (χ3v) is 2.74. The lowest BCUT2D eigenvalue weighted by molar-refractivity contribution is 0.172. The van der Waals surface area contributed by atoms with Crippen LogP contribution in [-0.2, 0) is 6.54 Å². The van der Waals surface area contributed by atoms with Crippen LogP contribution in [0.2, 0.25) is 0 Å². The molecule has 1 atom stereocenters. The van der Waals surface area contributed by atoms with Gasteiger partial charge in [0.25, 0.3) is 5.56 Å². The van der Waals surface area contributed by atoms with Crippen LogP contribution in [0.4, 0.5) is 0 Å². The molecule has 0 bridgehead atoms. The van der Waals surface area contributed by atoms with Crippen molar-refractivity contribution in [1.82, 2.24) is 9.55 Å². The molecule has 0 saturated heterocycles. The maximum atomic E-state index is 12.0. The molecule has 0 radical (unpaired) electrons. The predicted molar refractivity (Wildman–Crippen MR) is 65.4 cm³/mol. The minimum Gasteiger partial charge on any atom is -0.392 e. The van der Waals surface area contributed by atoms with Gasteiger partial charge in [-0.25, -0.2) is 4.98 Å². The monoisotopic (exact) mass is 282 g/mol. The summed E-state index contributed by atoms with van der Waals surface area (Å²) in [6, 6.07) is 5.33. The summed E-state index contributed by atoms with van der Waals surface area (Å²) in [5.41, 5.74) is 0.527. The predicted octanol–water partition coefficient (Wildman–Crippen LogP) is 1.54. The molecule has 1 heterocycles. The first kappa shape index (κ1) is 11.3. The molecule has 2 rings (SSSR count). The minimum absolute atomic E-state index is 0.126.